The number of fused-ring (bicyclic) bond motifs is 1. The van der Waals surface area contributed by atoms with E-state index in [-0.39, 0.29) is 5.91 Å². The summed E-state index contributed by atoms with van der Waals surface area (Å²) in [7, 11) is 0. The molecule has 0 aliphatic rings. The first-order chi connectivity index (χ1) is 12.6. The smallest absolute Gasteiger partial charge is 0.316 e. The number of aryl methyl sites for hydroxylation is 1. The van der Waals surface area contributed by atoms with Crippen LogP contribution in [0.3, 0.4) is 0 Å². The summed E-state index contributed by atoms with van der Waals surface area (Å²) in [5, 5.41) is 2.86. The van der Waals surface area contributed by atoms with E-state index in [1.165, 1.54) is 4.57 Å². The van der Waals surface area contributed by atoms with Gasteiger partial charge in [-0.25, -0.2) is 0 Å². The van der Waals surface area contributed by atoms with Crippen molar-refractivity contribution in [2.45, 2.75) is 32.9 Å². The van der Waals surface area contributed by atoms with Crippen LogP contribution in [0.1, 0.15) is 35.7 Å². The van der Waals surface area contributed by atoms with Crippen molar-refractivity contribution in [2.24, 2.45) is 0 Å². The fourth-order valence-electron chi connectivity index (χ4n) is 2.84. The van der Waals surface area contributed by atoms with E-state index in [1.54, 1.807) is 18.2 Å². The number of H-pyrrole nitrogens is 1. The van der Waals surface area contributed by atoms with Gasteiger partial charge in [0, 0.05) is 18.7 Å². The van der Waals surface area contributed by atoms with Gasteiger partial charge in [-0.15, -0.1) is 0 Å². The van der Waals surface area contributed by atoms with E-state index in [0.29, 0.717) is 29.7 Å². The van der Waals surface area contributed by atoms with Crippen molar-refractivity contribution in [3.05, 3.63) is 80.4 Å². The molecule has 0 aliphatic carbocycles. The summed E-state index contributed by atoms with van der Waals surface area (Å²) in [6, 6.07) is 14.6. The summed E-state index contributed by atoms with van der Waals surface area (Å²) in [6.07, 6.45) is 1.72. The van der Waals surface area contributed by atoms with Gasteiger partial charge in [-0.1, -0.05) is 43.7 Å². The third-order valence-corrected chi connectivity index (χ3v) is 4.27. The molecule has 1 heterocycles. The summed E-state index contributed by atoms with van der Waals surface area (Å²) in [6.45, 7) is 2.93. The number of rotatable bonds is 6. The maximum Gasteiger partial charge on any atom is 0.316 e. The van der Waals surface area contributed by atoms with Crippen LogP contribution in [0.4, 0.5) is 0 Å². The van der Waals surface area contributed by atoms with E-state index < -0.39 is 11.1 Å². The predicted molar refractivity (Wildman–Crippen MR) is 101 cm³/mol. The lowest BCUT2D eigenvalue weighted by Crippen LogP contribution is -2.36. The third kappa shape index (κ3) is 3.74. The largest absolute Gasteiger partial charge is 0.348 e. The quantitative estimate of drug-likeness (QED) is 0.669. The van der Waals surface area contributed by atoms with Crippen LogP contribution in [0.2, 0.25) is 0 Å². The molecule has 0 unspecified atom stereocenters. The van der Waals surface area contributed by atoms with Gasteiger partial charge in [0.15, 0.2) is 0 Å². The van der Waals surface area contributed by atoms with Crippen molar-refractivity contribution in [3.63, 3.8) is 0 Å². The summed E-state index contributed by atoms with van der Waals surface area (Å²) in [5.74, 6) is -0.233. The second kappa shape index (κ2) is 7.82. The minimum absolute atomic E-state index is 0.233. The third-order valence-electron chi connectivity index (χ3n) is 4.27. The first-order valence-electron chi connectivity index (χ1n) is 8.69. The molecule has 0 fully saturated rings. The number of unbranched alkanes of at least 4 members (excludes halogenated alkanes) is 1. The normalized spacial score (nSPS) is 10.8. The predicted octanol–water partition coefficient (Wildman–Crippen LogP) is 2.42. The highest BCUT2D eigenvalue weighted by atomic mass is 16.2. The molecule has 3 aromatic rings. The monoisotopic (exact) mass is 351 g/mol. The van der Waals surface area contributed by atoms with Crippen LogP contribution in [0.25, 0.3) is 11.0 Å². The van der Waals surface area contributed by atoms with Crippen LogP contribution < -0.4 is 16.4 Å². The number of aromatic nitrogens is 2. The SMILES string of the molecule is CCCCn1c(=O)c(=O)[nH]c2cc(C(=O)NCc3ccccc3)ccc21. The molecular formula is C20H21N3O3. The Hall–Kier alpha value is -3.15. The van der Waals surface area contributed by atoms with Crippen molar-refractivity contribution in [3.8, 4) is 0 Å². The fraction of sp³-hybridized carbons (Fsp3) is 0.250. The average molecular weight is 351 g/mol. The molecule has 0 spiro atoms. The number of aromatic amines is 1. The maximum atomic E-state index is 12.4. The molecule has 134 valence electrons. The van der Waals surface area contributed by atoms with Crippen molar-refractivity contribution in [2.75, 3.05) is 0 Å². The number of hydrogen-bond donors (Lipinski definition) is 2. The van der Waals surface area contributed by atoms with Gasteiger partial charge in [0.25, 0.3) is 5.91 Å². The first-order valence-corrected chi connectivity index (χ1v) is 8.69. The summed E-state index contributed by atoms with van der Waals surface area (Å²) >= 11 is 0. The molecular weight excluding hydrogens is 330 g/mol. The Bertz CT molecular complexity index is 1040. The van der Waals surface area contributed by atoms with Crippen LogP contribution in [-0.2, 0) is 13.1 Å². The number of amides is 1. The van der Waals surface area contributed by atoms with Crippen molar-refractivity contribution >= 4 is 16.9 Å². The standard InChI is InChI=1S/C20H21N3O3/c1-2-3-11-23-17-10-9-15(12-16(17)22-19(25)20(23)26)18(24)21-13-14-7-5-4-6-8-14/h4-10,12H,2-3,11,13H2,1H3,(H,21,24)(H,22,25). The molecule has 2 aromatic carbocycles. The Kier molecular flexibility index (Phi) is 5.31. The van der Waals surface area contributed by atoms with E-state index in [2.05, 4.69) is 10.3 Å². The minimum Gasteiger partial charge on any atom is -0.348 e. The lowest BCUT2D eigenvalue weighted by Gasteiger charge is -2.10. The lowest BCUT2D eigenvalue weighted by molar-refractivity contribution is 0.0951. The molecule has 0 aliphatic heterocycles. The van der Waals surface area contributed by atoms with Gasteiger partial charge in [0.1, 0.15) is 0 Å². The van der Waals surface area contributed by atoms with Gasteiger partial charge >= 0.3 is 11.1 Å². The molecule has 0 saturated carbocycles. The number of benzene rings is 2. The first kappa shape index (κ1) is 17.7. The fourth-order valence-corrected chi connectivity index (χ4v) is 2.84. The van der Waals surface area contributed by atoms with Gasteiger partial charge in [0.2, 0.25) is 0 Å². The average Bonchev–Trinajstić information content (AvgIpc) is 2.67. The van der Waals surface area contributed by atoms with Crippen LogP contribution >= 0.6 is 0 Å². The number of nitrogens with zero attached hydrogens (tertiary/aromatic N) is 1. The Morgan fingerprint density at radius 1 is 1.12 bits per heavy atom. The van der Waals surface area contributed by atoms with Gasteiger partial charge in [-0.05, 0) is 30.2 Å². The maximum absolute atomic E-state index is 12.4. The molecule has 3 rings (SSSR count). The van der Waals surface area contributed by atoms with Crippen LogP contribution in [-0.4, -0.2) is 15.5 Å². The molecule has 0 atom stereocenters. The van der Waals surface area contributed by atoms with E-state index in [4.69, 9.17) is 0 Å². The molecule has 1 amide bonds. The van der Waals surface area contributed by atoms with E-state index in [1.807, 2.05) is 37.3 Å². The van der Waals surface area contributed by atoms with Crippen LogP contribution in [0, 0.1) is 0 Å². The molecule has 2 N–H and O–H groups in total. The molecule has 6 heteroatoms. The minimum atomic E-state index is -0.671. The molecule has 0 radical (unpaired) electrons. The second-order valence-corrected chi connectivity index (χ2v) is 6.16. The Morgan fingerprint density at radius 2 is 1.88 bits per heavy atom. The zero-order valence-corrected chi connectivity index (χ0v) is 14.6. The summed E-state index contributed by atoms with van der Waals surface area (Å²) in [4.78, 5) is 39.0. The zero-order chi connectivity index (χ0) is 18.5. The van der Waals surface area contributed by atoms with E-state index >= 15 is 0 Å². The van der Waals surface area contributed by atoms with E-state index in [0.717, 1.165) is 18.4 Å². The molecule has 26 heavy (non-hydrogen) atoms. The summed E-state index contributed by atoms with van der Waals surface area (Å²) in [5.41, 5.74) is 1.32. The van der Waals surface area contributed by atoms with Crippen LogP contribution in [0.15, 0.2) is 58.1 Å². The van der Waals surface area contributed by atoms with Crippen LogP contribution in [0.5, 0.6) is 0 Å². The number of nitrogens with one attached hydrogen (secondary N) is 2. The number of carbonyl (C=O) groups excluding carboxylic acids is 1. The highest BCUT2D eigenvalue weighted by molar-refractivity contribution is 5.97. The topological polar surface area (TPSA) is 84.0 Å². The van der Waals surface area contributed by atoms with Crippen molar-refractivity contribution < 1.29 is 4.79 Å². The van der Waals surface area contributed by atoms with Gasteiger partial charge < -0.3 is 14.9 Å². The van der Waals surface area contributed by atoms with Gasteiger partial charge in [0.05, 0.1) is 11.0 Å². The van der Waals surface area contributed by atoms with Gasteiger partial charge in [-0.2, -0.15) is 0 Å². The second-order valence-electron chi connectivity index (χ2n) is 6.16. The van der Waals surface area contributed by atoms with Gasteiger partial charge in [-0.3, -0.25) is 14.4 Å². The Balaban J connectivity index is 1.89. The molecule has 1 aromatic heterocycles. The van der Waals surface area contributed by atoms with Crippen molar-refractivity contribution in [1.82, 2.24) is 14.9 Å². The Labute approximate surface area is 150 Å². The molecule has 0 bridgehead atoms. The Morgan fingerprint density at radius 3 is 2.62 bits per heavy atom. The highest BCUT2D eigenvalue weighted by Crippen LogP contribution is 2.12. The molecule has 6 nitrogen and oxygen atoms in total. The number of carbonyl (C=O) groups is 1. The zero-order valence-electron chi connectivity index (χ0n) is 14.6. The molecule has 0 saturated heterocycles. The lowest BCUT2D eigenvalue weighted by atomic mass is 10.1. The number of hydrogen-bond acceptors (Lipinski definition) is 3. The van der Waals surface area contributed by atoms with Crippen molar-refractivity contribution in [1.29, 1.82) is 0 Å². The highest BCUT2D eigenvalue weighted by Gasteiger charge is 2.11. The van der Waals surface area contributed by atoms with E-state index in [9.17, 15) is 14.4 Å². The summed E-state index contributed by atoms with van der Waals surface area (Å²) < 4.78 is 1.48.